The van der Waals surface area contributed by atoms with E-state index in [-0.39, 0.29) is 4.90 Å². The summed E-state index contributed by atoms with van der Waals surface area (Å²) in [4.78, 5) is 8.51. The zero-order valence-corrected chi connectivity index (χ0v) is 15.9. The van der Waals surface area contributed by atoms with Gasteiger partial charge in [0.25, 0.3) is 0 Å². The number of nitrogens with one attached hydrogen (secondary N) is 3. The third-order valence-corrected chi connectivity index (χ3v) is 5.27. The Bertz CT molecular complexity index is 1110. The minimum Gasteiger partial charge on any atom is -0.340 e. The zero-order valence-electron chi connectivity index (χ0n) is 15.0. The summed E-state index contributed by atoms with van der Waals surface area (Å²) in [5.74, 6) is 1.09. The molecular formula is C19H18N6O2S. The van der Waals surface area contributed by atoms with Crippen LogP contribution in [0.5, 0.6) is 0 Å². The van der Waals surface area contributed by atoms with Gasteiger partial charge in [0.05, 0.1) is 17.4 Å². The van der Waals surface area contributed by atoms with Crippen LogP contribution in [0.25, 0.3) is 0 Å². The molecule has 0 fully saturated rings. The lowest BCUT2D eigenvalue weighted by Gasteiger charge is -2.10. The summed E-state index contributed by atoms with van der Waals surface area (Å²) in [5.41, 5.74) is 2.35. The average Bonchev–Trinajstić information content (AvgIpc) is 2.70. The second-order valence-electron chi connectivity index (χ2n) is 5.81. The molecule has 8 nitrogen and oxygen atoms in total. The highest BCUT2D eigenvalue weighted by atomic mass is 32.2. The van der Waals surface area contributed by atoms with E-state index in [0.29, 0.717) is 23.7 Å². The summed E-state index contributed by atoms with van der Waals surface area (Å²) in [6.45, 7) is 0. The zero-order chi connectivity index (χ0) is 20.0. The molecule has 0 spiro atoms. The molecular weight excluding hydrogens is 376 g/mol. The number of hydrogen-bond acceptors (Lipinski definition) is 7. The molecule has 0 aliphatic carbocycles. The summed E-state index contributed by atoms with van der Waals surface area (Å²) in [7, 11) is -2.16. The van der Waals surface area contributed by atoms with Crippen molar-refractivity contribution in [1.82, 2.24) is 14.7 Å². The van der Waals surface area contributed by atoms with Crippen molar-refractivity contribution in [2.24, 2.45) is 0 Å². The molecule has 0 amide bonds. The van der Waals surface area contributed by atoms with Crippen LogP contribution < -0.4 is 15.4 Å². The number of anilines is 4. The molecule has 0 unspecified atom stereocenters. The normalized spacial score (nSPS) is 10.9. The van der Waals surface area contributed by atoms with Crippen LogP contribution in [0.3, 0.4) is 0 Å². The Kier molecular flexibility index (Phi) is 5.84. The Morgan fingerprint density at radius 2 is 1.64 bits per heavy atom. The minimum atomic E-state index is -3.52. The molecule has 0 bridgehead atoms. The Balaban J connectivity index is 1.75. The topological polar surface area (TPSA) is 120 Å². The Hall–Kier alpha value is -3.48. The molecule has 3 N–H and O–H groups in total. The van der Waals surface area contributed by atoms with Crippen molar-refractivity contribution in [3.8, 4) is 6.07 Å². The van der Waals surface area contributed by atoms with E-state index in [1.165, 1.54) is 25.5 Å². The predicted molar refractivity (Wildman–Crippen MR) is 107 cm³/mol. The first kappa shape index (κ1) is 19.3. The fraction of sp³-hybridized carbons (Fsp3) is 0.105. The SMILES string of the molecule is CNS(=O)(=O)c1cccc(Nc2cc(Nc3ccc(CC#N)cc3)ncn2)c1. The third-order valence-electron chi connectivity index (χ3n) is 3.86. The van der Waals surface area contributed by atoms with Crippen molar-refractivity contribution < 1.29 is 8.42 Å². The van der Waals surface area contributed by atoms with Crippen molar-refractivity contribution in [2.75, 3.05) is 17.7 Å². The highest BCUT2D eigenvalue weighted by molar-refractivity contribution is 7.89. The van der Waals surface area contributed by atoms with E-state index < -0.39 is 10.0 Å². The second-order valence-corrected chi connectivity index (χ2v) is 7.69. The van der Waals surface area contributed by atoms with Crippen molar-refractivity contribution in [2.45, 2.75) is 11.3 Å². The van der Waals surface area contributed by atoms with Crippen LogP contribution in [0.4, 0.5) is 23.0 Å². The first-order valence-corrected chi connectivity index (χ1v) is 9.84. The number of aromatic nitrogens is 2. The monoisotopic (exact) mass is 394 g/mol. The van der Waals surface area contributed by atoms with Crippen LogP contribution in [-0.2, 0) is 16.4 Å². The molecule has 9 heteroatoms. The molecule has 1 heterocycles. The van der Waals surface area contributed by atoms with E-state index in [4.69, 9.17) is 5.26 Å². The van der Waals surface area contributed by atoms with Gasteiger partial charge in [-0.2, -0.15) is 5.26 Å². The molecule has 3 aromatic rings. The first-order valence-electron chi connectivity index (χ1n) is 8.36. The van der Waals surface area contributed by atoms with Crippen LogP contribution in [0, 0.1) is 11.3 Å². The van der Waals surface area contributed by atoms with Gasteiger partial charge in [0.1, 0.15) is 18.0 Å². The van der Waals surface area contributed by atoms with E-state index in [2.05, 4.69) is 31.4 Å². The molecule has 0 saturated carbocycles. The van der Waals surface area contributed by atoms with Gasteiger partial charge in [-0.3, -0.25) is 0 Å². The number of hydrogen-bond donors (Lipinski definition) is 3. The molecule has 28 heavy (non-hydrogen) atoms. The van der Waals surface area contributed by atoms with Gasteiger partial charge < -0.3 is 10.6 Å². The fourth-order valence-corrected chi connectivity index (χ4v) is 3.22. The number of benzene rings is 2. The fourth-order valence-electron chi connectivity index (χ4n) is 2.45. The Labute approximate surface area is 163 Å². The van der Waals surface area contributed by atoms with Crippen LogP contribution in [0.15, 0.2) is 65.8 Å². The highest BCUT2D eigenvalue weighted by Gasteiger charge is 2.11. The smallest absolute Gasteiger partial charge is 0.240 e. The van der Waals surface area contributed by atoms with Crippen molar-refractivity contribution in [3.63, 3.8) is 0 Å². The van der Waals surface area contributed by atoms with Crippen molar-refractivity contribution in [1.29, 1.82) is 5.26 Å². The summed E-state index contributed by atoms with van der Waals surface area (Å²) in [6, 6.07) is 17.7. The van der Waals surface area contributed by atoms with Gasteiger partial charge in [0, 0.05) is 17.4 Å². The lowest BCUT2D eigenvalue weighted by atomic mass is 10.1. The van der Waals surface area contributed by atoms with Crippen LogP contribution in [-0.4, -0.2) is 25.4 Å². The lowest BCUT2D eigenvalue weighted by molar-refractivity contribution is 0.588. The largest absolute Gasteiger partial charge is 0.340 e. The van der Waals surface area contributed by atoms with E-state index in [1.807, 2.05) is 24.3 Å². The van der Waals surface area contributed by atoms with E-state index >= 15 is 0 Å². The van der Waals surface area contributed by atoms with Gasteiger partial charge in [0.15, 0.2) is 0 Å². The van der Waals surface area contributed by atoms with E-state index in [9.17, 15) is 8.42 Å². The maximum atomic E-state index is 11.9. The average molecular weight is 394 g/mol. The lowest BCUT2D eigenvalue weighted by Crippen LogP contribution is -2.18. The second kappa shape index (κ2) is 8.47. The van der Waals surface area contributed by atoms with E-state index in [1.54, 1.807) is 18.2 Å². The number of nitrogens with zero attached hydrogens (tertiary/aromatic N) is 3. The van der Waals surface area contributed by atoms with Gasteiger partial charge in [-0.1, -0.05) is 18.2 Å². The molecule has 0 aliphatic heterocycles. The minimum absolute atomic E-state index is 0.157. The molecule has 0 aliphatic rings. The molecule has 2 aromatic carbocycles. The highest BCUT2D eigenvalue weighted by Crippen LogP contribution is 2.21. The number of nitriles is 1. The quantitative estimate of drug-likeness (QED) is 0.563. The Morgan fingerprint density at radius 3 is 2.29 bits per heavy atom. The summed E-state index contributed by atoms with van der Waals surface area (Å²) in [5, 5.41) is 15.0. The van der Waals surface area contributed by atoms with Crippen molar-refractivity contribution >= 4 is 33.0 Å². The number of sulfonamides is 1. The van der Waals surface area contributed by atoms with Gasteiger partial charge >= 0.3 is 0 Å². The first-order chi connectivity index (χ1) is 13.5. The Morgan fingerprint density at radius 1 is 0.964 bits per heavy atom. The molecule has 0 atom stereocenters. The maximum Gasteiger partial charge on any atom is 0.240 e. The summed E-state index contributed by atoms with van der Waals surface area (Å²) >= 11 is 0. The van der Waals surface area contributed by atoms with Gasteiger partial charge in [-0.15, -0.1) is 0 Å². The maximum absolute atomic E-state index is 11.9. The molecule has 142 valence electrons. The van der Waals surface area contributed by atoms with Crippen LogP contribution >= 0.6 is 0 Å². The van der Waals surface area contributed by atoms with Gasteiger partial charge in [-0.25, -0.2) is 23.1 Å². The van der Waals surface area contributed by atoms with Gasteiger partial charge in [-0.05, 0) is 42.9 Å². The predicted octanol–water partition coefficient (Wildman–Crippen LogP) is 2.94. The molecule has 3 rings (SSSR count). The van der Waals surface area contributed by atoms with Gasteiger partial charge in [0.2, 0.25) is 10.0 Å². The standard InChI is InChI=1S/C19H18N6O2S/c1-21-28(26,27)17-4-2-3-16(11-17)25-19-12-18(22-13-23-19)24-15-7-5-14(6-8-15)9-10-20/h2-8,11-13,21H,9H2,1H3,(H2,22,23,24,25). The molecule has 1 aromatic heterocycles. The van der Waals surface area contributed by atoms with Crippen LogP contribution in [0.2, 0.25) is 0 Å². The van der Waals surface area contributed by atoms with Crippen molar-refractivity contribution in [3.05, 3.63) is 66.5 Å². The number of rotatable bonds is 7. The molecule has 0 radical (unpaired) electrons. The summed E-state index contributed by atoms with van der Waals surface area (Å²) in [6.07, 6.45) is 1.77. The van der Waals surface area contributed by atoms with Crippen LogP contribution in [0.1, 0.15) is 5.56 Å². The molecule has 0 saturated heterocycles. The third kappa shape index (κ3) is 4.82. The van der Waals surface area contributed by atoms with E-state index in [0.717, 1.165) is 11.3 Å². The summed E-state index contributed by atoms with van der Waals surface area (Å²) < 4.78 is 26.2.